The van der Waals surface area contributed by atoms with Crippen molar-refractivity contribution in [1.82, 2.24) is 14.3 Å². The number of aromatic nitrogens is 2. The van der Waals surface area contributed by atoms with Gasteiger partial charge in [-0.15, -0.1) is 0 Å². The molecule has 0 bridgehead atoms. The first-order valence-corrected chi connectivity index (χ1v) is 11.6. The van der Waals surface area contributed by atoms with E-state index < -0.39 is 15.8 Å². The standard InChI is InChI=1S/C20H26FN5O3S/c1-29-17-6-5-16(21)15-18(17)30(27,28)26-13-11-24(12-14-26)19-7-8-22-20(23-19)25-9-3-2-4-10-25/h5-8,15H,2-4,9-14H2,1H3. The molecule has 0 amide bonds. The summed E-state index contributed by atoms with van der Waals surface area (Å²) in [7, 11) is -2.48. The zero-order chi connectivity index (χ0) is 21.1. The Morgan fingerprint density at radius 2 is 1.70 bits per heavy atom. The fourth-order valence-electron chi connectivity index (χ4n) is 3.91. The van der Waals surface area contributed by atoms with Gasteiger partial charge in [0.2, 0.25) is 16.0 Å². The van der Waals surface area contributed by atoms with Crippen molar-refractivity contribution in [3.05, 3.63) is 36.3 Å². The Hall–Kier alpha value is -2.46. The first-order chi connectivity index (χ1) is 14.5. The Balaban J connectivity index is 1.47. The zero-order valence-electron chi connectivity index (χ0n) is 17.0. The second-order valence-electron chi connectivity index (χ2n) is 7.45. The van der Waals surface area contributed by atoms with Crippen molar-refractivity contribution in [3.8, 4) is 5.75 Å². The summed E-state index contributed by atoms with van der Waals surface area (Å²) < 4.78 is 46.3. The molecule has 2 aliphatic heterocycles. The van der Waals surface area contributed by atoms with Crippen molar-refractivity contribution < 1.29 is 17.5 Å². The highest BCUT2D eigenvalue weighted by atomic mass is 32.2. The first-order valence-electron chi connectivity index (χ1n) is 10.2. The number of hydrogen-bond acceptors (Lipinski definition) is 7. The summed E-state index contributed by atoms with van der Waals surface area (Å²) in [5, 5.41) is 0. The van der Waals surface area contributed by atoms with Crippen LogP contribution in [0.15, 0.2) is 35.4 Å². The van der Waals surface area contributed by atoms with Crippen LogP contribution in [0, 0.1) is 5.82 Å². The van der Waals surface area contributed by atoms with E-state index in [4.69, 9.17) is 9.72 Å². The van der Waals surface area contributed by atoms with E-state index in [9.17, 15) is 12.8 Å². The average molecular weight is 436 g/mol. The zero-order valence-corrected chi connectivity index (χ0v) is 17.8. The molecule has 0 radical (unpaired) electrons. The van der Waals surface area contributed by atoms with Crippen molar-refractivity contribution in [1.29, 1.82) is 0 Å². The number of ether oxygens (including phenoxy) is 1. The molecule has 2 fully saturated rings. The van der Waals surface area contributed by atoms with Crippen LogP contribution >= 0.6 is 0 Å². The van der Waals surface area contributed by atoms with Crippen LogP contribution in [0.5, 0.6) is 5.75 Å². The third-order valence-corrected chi connectivity index (χ3v) is 7.49. The second kappa shape index (κ2) is 8.73. The molecule has 0 unspecified atom stereocenters. The number of sulfonamides is 1. The SMILES string of the molecule is COc1ccc(F)cc1S(=O)(=O)N1CCN(c2ccnc(N3CCCCC3)n2)CC1. The number of methoxy groups -OCH3 is 1. The lowest BCUT2D eigenvalue weighted by Gasteiger charge is -2.35. The van der Waals surface area contributed by atoms with E-state index in [-0.39, 0.29) is 23.7 Å². The molecule has 0 spiro atoms. The van der Waals surface area contributed by atoms with E-state index in [0.717, 1.165) is 43.8 Å². The molecular weight excluding hydrogens is 409 g/mol. The first kappa shape index (κ1) is 20.8. The van der Waals surface area contributed by atoms with Gasteiger partial charge in [0.05, 0.1) is 7.11 Å². The summed E-state index contributed by atoms with van der Waals surface area (Å²) in [6.07, 6.45) is 5.29. The van der Waals surface area contributed by atoms with Gasteiger partial charge in [0.15, 0.2) is 0 Å². The summed E-state index contributed by atoms with van der Waals surface area (Å²) in [6.45, 7) is 3.48. The van der Waals surface area contributed by atoms with Crippen LogP contribution in [0.4, 0.5) is 16.2 Å². The van der Waals surface area contributed by atoms with Crippen molar-refractivity contribution >= 4 is 21.8 Å². The van der Waals surface area contributed by atoms with Gasteiger partial charge < -0.3 is 14.5 Å². The van der Waals surface area contributed by atoms with Crippen molar-refractivity contribution in [2.45, 2.75) is 24.2 Å². The molecule has 8 nitrogen and oxygen atoms in total. The number of halogens is 1. The monoisotopic (exact) mass is 435 g/mol. The molecule has 162 valence electrons. The van der Waals surface area contributed by atoms with E-state index >= 15 is 0 Å². The highest BCUT2D eigenvalue weighted by molar-refractivity contribution is 7.89. The Morgan fingerprint density at radius 1 is 0.967 bits per heavy atom. The van der Waals surface area contributed by atoms with Crippen LogP contribution < -0.4 is 14.5 Å². The van der Waals surface area contributed by atoms with Gasteiger partial charge in [0, 0.05) is 45.5 Å². The number of hydrogen-bond donors (Lipinski definition) is 0. The average Bonchev–Trinajstić information content (AvgIpc) is 2.80. The van der Waals surface area contributed by atoms with Gasteiger partial charge in [-0.1, -0.05) is 0 Å². The topological polar surface area (TPSA) is 78.9 Å². The fraction of sp³-hybridized carbons (Fsp3) is 0.500. The summed E-state index contributed by atoms with van der Waals surface area (Å²) in [6, 6.07) is 5.38. The van der Waals surface area contributed by atoms with Gasteiger partial charge in [0.25, 0.3) is 0 Å². The number of benzene rings is 1. The second-order valence-corrected chi connectivity index (χ2v) is 9.36. The molecule has 10 heteroatoms. The lowest BCUT2D eigenvalue weighted by molar-refractivity contribution is 0.372. The molecule has 0 aliphatic carbocycles. The lowest BCUT2D eigenvalue weighted by Crippen LogP contribution is -2.49. The number of piperazine rings is 1. The predicted molar refractivity (Wildman–Crippen MR) is 112 cm³/mol. The minimum absolute atomic E-state index is 0.140. The van der Waals surface area contributed by atoms with E-state index in [2.05, 4.69) is 14.8 Å². The van der Waals surface area contributed by atoms with Crippen LogP contribution in [0.2, 0.25) is 0 Å². The minimum Gasteiger partial charge on any atom is -0.495 e. The van der Waals surface area contributed by atoms with E-state index in [1.54, 1.807) is 6.20 Å². The molecule has 4 rings (SSSR count). The highest BCUT2D eigenvalue weighted by Crippen LogP contribution is 2.29. The maximum Gasteiger partial charge on any atom is 0.246 e. The Kier molecular flexibility index (Phi) is 6.05. The van der Waals surface area contributed by atoms with Gasteiger partial charge in [-0.05, 0) is 43.5 Å². The molecule has 30 heavy (non-hydrogen) atoms. The molecule has 3 heterocycles. The van der Waals surface area contributed by atoms with E-state index in [1.807, 2.05) is 6.07 Å². The molecule has 1 aromatic carbocycles. The number of nitrogens with zero attached hydrogens (tertiary/aromatic N) is 5. The maximum absolute atomic E-state index is 13.7. The molecule has 2 aliphatic rings. The molecule has 0 atom stereocenters. The van der Waals surface area contributed by atoms with Crippen molar-refractivity contribution in [3.63, 3.8) is 0 Å². The van der Waals surface area contributed by atoms with Crippen molar-refractivity contribution in [2.24, 2.45) is 0 Å². The lowest BCUT2D eigenvalue weighted by atomic mass is 10.1. The summed E-state index contributed by atoms with van der Waals surface area (Å²) in [5.74, 6) is 1.05. The van der Waals surface area contributed by atoms with Crippen LogP contribution in [0.3, 0.4) is 0 Å². The van der Waals surface area contributed by atoms with Gasteiger partial charge in [0.1, 0.15) is 22.3 Å². The molecule has 2 saturated heterocycles. The normalized spacial score (nSPS) is 18.5. The highest BCUT2D eigenvalue weighted by Gasteiger charge is 2.31. The quantitative estimate of drug-likeness (QED) is 0.712. The molecular formula is C20H26FN5O3S. The minimum atomic E-state index is -3.86. The van der Waals surface area contributed by atoms with Crippen LogP contribution in [0.1, 0.15) is 19.3 Å². The Labute approximate surface area is 176 Å². The van der Waals surface area contributed by atoms with Gasteiger partial charge in [-0.25, -0.2) is 17.8 Å². The molecule has 1 aromatic heterocycles. The summed E-state index contributed by atoms with van der Waals surface area (Å²) in [4.78, 5) is 13.2. The van der Waals surface area contributed by atoms with Crippen molar-refractivity contribution in [2.75, 3.05) is 56.2 Å². The van der Waals surface area contributed by atoms with E-state index in [0.29, 0.717) is 13.1 Å². The molecule has 2 aromatic rings. The number of piperidine rings is 1. The van der Waals surface area contributed by atoms with Crippen LogP contribution in [-0.4, -0.2) is 69.1 Å². The van der Waals surface area contributed by atoms with Crippen LogP contribution in [-0.2, 0) is 10.0 Å². The maximum atomic E-state index is 13.7. The summed E-state index contributed by atoms with van der Waals surface area (Å²) >= 11 is 0. The van der Waals surface area contributed by atoms with Gasteiger partial charge >= 0.3 is 0 Å². The smallest absolute Gasteiger partial charge is 0.246 e. The Bertz CT molecular complexity index is 990. The van der Waals surface area contributed by atoms with E-state index in [1.165, 1.54) is 30.0 Å². The molecule has 0 N–H and O–H groups in total. The van der Waals surface area contributed by atoms with Gasteiger partial charge in [-0.2, -0.15) is 9.29 Å². The third kappa shape index (κ3) is 4.20. The fourth-order valence-corrected chi connectivity index (χ4v) is 5.50. The van der Waals surface area contributed by atoms with Crippen LogP contribution in [0.25, 0.3) is 0 Å². The number of anilines is 2. The molecule has 0 saturated carbocycles. The summed E-state index contributed by atoms with van der Waals surface area (Å²) in [5.41, 5.74) is 0. The Morgan fingerprint density at radius 3 is 2.40 bits per heavy atom. The third-order valence-electron chi connectivity index (χ3n) is 5.57. The number of rotatable bonds is 5. The largest absolute Gasteiger partial charge is 0.495 e. The predicted octanol–water partition coefficient (Wildman–Crippen LogP) is 2.13. The van der Waals surface area contributed by atoms with Gasteiger partial charge in [-0.3, -0.25) is 0 Å².